The molecule has 0 bridgehead atoms. The molecule has 0 spiro atoms. The van der Waals surface area contributed by atoms with Crippen LogP contribution in [-0.2, 0) is 12.8 Å². The number of fused-ring (bicyclic) bond motifs is 2. The number of hydrogen-bond donors (Lipinski definition) is 1. The van der Waals surface area contributed by atoms with Gasteiger partial charge in [-0.15, -0.1) is 0 Å². The van der Waals surface area contributed by atoms with Crippen LogP contribution in [0.5, 0.6) is 0 Å². The van der Waals surface area contributed by atoms with Crippen LogP contribution in [0.3, 0.4) is 0 Å². The van der Waals surface area contributed by atoms with Crippen LogP contribution >= 0.6 is 0 Å². The van der Waals surface area contributed by atoms with Gasteiger partial charge in [0.1, 0.15) is 0 Å². The molecule has 0 saturated carbocycles. The molecule has 0 aliphatic rings. The molecule has 0 radical (unpaired) electrons. The molecule has 4 aromatic carbocycles. The summed E-state index contributed by atoms with van der Waals surface area (Å²) in [4.78, 5) is 3.23. The predicted octanol–water partition coefficient (Wildman–Crippen LogP) is 6.51. The fraction of sp³-hybridized carbons (Fsp3) is 0.0714. The highest BCUT2D eigenvalue weighted by Gasteiger charge is 2.00. The van der Waals surface area contributed by atoms with Crippen molar-refractivity contribution in [1.29, 1.82) is 0 Å². The average molecular weight is 371 g/mol. The molecule has 1 N–H and O–H groups in total. The maximum absolute atomic E-state index is 3.34. The van der Waals surface area contributed by atoms with E-state index in [1.165, 1.54) is 38.4 Å². The number of nitrogens with one attached hydrogen (secondary N) is 1. The lowest BCUT2D eigenvalue weighted by Gasteiger charge is -2.05. The second-order valence-electron chi connectivity index (χ2n) is 7.44. The topological polar surface area (TPSA) is 15.8 Å². The third-order valence-corrected chi connectivity index (χ3v) is 5.30. The Morgan fingerprint density at radius 2 is 1.45 bits per heavy atom. The lowest BCUT2D eigenvalue weighted by molar-refractivity contribution is 1.20. The molecule has 5 aromatic rings. The van der Waals surface area contributed by atoms with Crippen LogP contribution in [0.2, 0.25) is 0 Å². The molecule has 1 heterocycles. The lowest BCUT2D eigenvalue weighted by atomic mass is 10.00. The SMILES string of the molecule is C(#Cc1ccc2ccc(Cc3ccccc3)cc2c1)Cc1ccc2[nH]ccc2c1. The predicted molar refractivity (Wildman–Crippen MR) is 122 cm³/mol. The first-order valence-electron chi connectivity index (χ1n) is 9.95. The summed E-state index contributed by atoms with van der Waals surface area (Å²) in [5, 5.41) is 3.74. The molecule has 0 saturated heterocycles. The highest BCUT2D eigenvalue weighted by molar-refractivity contribution is 5.84. The highest BCUT2D eigenvalue weighted by Crippen LogP contribution is 2.20. The second kappa shape index (κ2) is 7.70. The summed E-state index contributed by atoms with van der Waals surface area (Å²) in [6.45, 7) is 0. The third-order valence-electron chi connectivity index (χ3n) is 5.30. The van der Waals surface area contributed by atoms with Gasteiger partial charge in [-0.1, -0.05) is 72.5 Å². The van der Waals surface area contributed by atoms with Gasteiger partial charge in [-0.2, -0.15) is 0 Å². The van der Waals surface area contributed by atoms with E-state index >= 15 is 0 Å². The zero-order valence-corrected chi connectivity index (χ0v) is 16.2. The van der Waals surface area contributed by atoms with Gasteiger partial charge < -0.3 is 4.98 Å². The smallest absolute Gasteiger partial charge is 0.0454 e. The van der Waals surface area contributed by atoms with Gasteiger partial charge in [0.15, 0.2) is 0 Å². The van der Waals surface area contributed by atoms with Gasteiger partial charge in [-0.3, -0.25) is 0 Å². The Balaban J connectivity index is 1.37. The van der Waals surface area contributed by atoms with Crippen LogP contribution in [0.15, 0.2) is 97.2 Å². The van der Waals surface area contributed by atoms with Crippen molar-refractivity contribution in [2.75, 3.05) is 0 Å². The third kappa shape index (κ3) is 3.93. The minimum atomic E-state index is 0.757. The summed E-state index contributed by atoms with van der Waals surface area (Å²) in [6.07, 6.45) is 3.68. The second-order valence-corrected chi connectivity index (χ2v) is 7.44. The summed E-state index contributed by atoms with van der Waals surface area (Å²) < 4.78 is 0. The van der Waals surface area contributed by atoms with E-state index < -0.39 is 0 Å². The molecule has 29 heavy (non-hydrogen) atoms. The molecule has 1 nitrogen and oxygen atoms in total. The first-order chi connectivity index (χ1) is 14.3. The van der Waals surface area contributed by atoms with Gasteiger partial charge >= 0.3 is 0 Å². The molecule has 1 heteroatoms. The maximum Gasteiger partial charge on any atom is 0.0454 e. The van der Waals surface area contributed by atoms with Crippen molar-refractivity contribution in [2.45, 2.75) is 12.8 Å². The molecule has 0 unspecified atom stereocenters. The van der Waals surface area contributed by atoms with Crippen LogP contribution in [0.25, 0.3) is 21.7 Å². The standard InChI is InChI=1S/C28H21N/c1-2-5-21(6-3-1)17-24-10-13-25-12-9-22(19-27(25)20-24)7-4-8-23-11-14-28-26(18-23)15-16-29-28/h1-3,5-6,9-16,18-20,29H,8,17H2. The van der Waals surface area contributed by atoms with Gasteiger partial charge in [0.05, 0.1) is 0 Å². The van der Waals surface area contributed by atoms with Crippen molar-refractivity contribution < 1.29 is 0 Å². The minimum absolute atomic E-state index is 0.757. The van der Waals surface area contributed by atoms with E-state index in [2.05, 4.69) is 108 Å². The largest absolute Gasteiger partial charge is 0.361 e. The van der Waals surface area contributed by atoms with Gasteiger partial charge in [0.2, 0.25) is 0 Å². The summed E-state index contributed by atoms with van der Waals surface area (Å²) in [5.74, 6) is 6.67. The van der Waals surface area contributed by atoms with Gasteiger partial charge in [0.25, 0.3) is 0 Å². The van der Waals surface area contributed by atoms with E-state index in [1.807, 2.05) is 6.20 Å². The van der Waals surface area contributed by atoms with Crippen molar-refractivity contribution in [3.05, 3.63) is 119 Å². The minimum Gasteiger partial charge on any atom is -0.361 e. The van der Waals surface area contributed by atoms with Gasteiger partial charge in [0, 0.05) is 23.7 Å². The Morgan fingerprint density at radius 1 is 0.621 bits per heavy atom. The number of rotatable bonds is 3. The summed E-state index contributed by atoms with van der Waals surface area (Å²) in [5.41, 5.74) is 6.14. The lowest BCUT2D eigenvalue weighted by Crippen LogP contribution is -1.88. The summed E-state index contributed by atoms with van der Waals surface area (Å²) in [7, 11) is 0. The van der Waals surface area contributed by atoms with E-state index in [0.29, 0.717) is 0 Å². The maximum atomic E-state index is 3.34. The zero-order chi connectivity index (χ0) is 19.5. The molecule has 0 fully saturated rings. The number of benzene rings is 4. The molecule has 138 valence electrons. The van der Waals surface area contributed by atoms with E-state index in [0.717, 1.165) is 18.4 Å². The van der Waals surface area contributed by atoms with Gasteiger partial charge in [-0.05, 0) is 69.6 Å². The van der Waals surface area contributed by atoms with Crippen LogP contribution < -0.4 is 0 Å². The Kier molecular flexibility index (Phi) is 4.60. The quantitative estimate of drug-likeness (QED) is 0.348. The monoisotopic (exact) mass is 371 g/mol. The Hall–Kier alpha value is -3.76. The number of H-pyrrole nitrogens is 1. The molecular weight excluding hydrogens is 350 g/mol. The summed E-state index contributed by atoms with van der Waals surface area (Å²) in [6, 6.07) is 32.4. The molecule has 0 aliphatic heterocycles. The van der Waals surface area contributed by atoms with Crippen LogP contribution in [0, 0.1) is 11.8 Å². The van der Waals surface area contributed by atoms with Crippen molar-refractivity contribution in [1.82, 2.24) is 4.98 Å². The fourth-order valence-corrected chi connectivity index (χ4v) is 3.78. The van der Waals surface area contributed by atoms with E-state index in [-0.39, 0.29) is 0 Å². The molecule has 5 rings (SSSR count). The first-order valence-corrected chi connectivity index (χ1v) is 9.95. The van der Waals surface area contributed by atoms with E-state index in [9.17, 15) is 0 Å². The molecular formula is C28H21N. The highest BCUT2D eigenvalue weighted by atomic mass is 14.7. The molecule has 0 amide bonds. The van der Waals surface area contributed by atoms with Crippen molar-refractivity contribution in [3.63, 3.8) is 0 Å². The van der Waals surface area contributed by atoms with Crippen molar-refractivity contribution in [3.8, 4) is 11.8 Å². The number of hydrogen-bond acceptors (Lipinski definition) is 0. The average Bonchev–Trinajstić information content (AvgIpc) is 3.22. The van der Waals surface area contributed by atoms with Crippen LogP contribution in [-0.4, -0.2) is 4.98 Å². The van der Waals surface area contributed by atoms with Crippen molar-refractivity contribution >= 4 is 21.7 Å². The Bertz CT molecular complexity index is 1350. The number of aromatic nitrogens is 1. The Morgan fingerprint density at radius 3 is 2.38 bits per heavy atom. The summed E-state index contributed by atoms with van der Waals surface area (Å²) >= 11 is 0. The van der Waals surface area contributed by atoms with E-state index in [4.69, 9.17) is 0 Å². The first kappa shape index (κ1) is 17.3. The number of aromatic amines is 1. The van der Waals surface area contributed by atoms with Crippen LogP contribution in [0.1, 0.15) is 22.3 Å². The molecule has 1 aromatic heterocycles. The zero-order valence-electron chi connectivity index (χ0n) is 16.2. The Labute approximate surface area is 171 Å². The molecule has 0 aliphatic carbocycles. The van der Waals surface area contributed by atoms with Crippen molar-refractivity contribution in [2.24, 2.45) is 0 Å². The molecule has 0 atom stereocenters. The van der Waals surface area contributed by atoms with Crippen LogP contribution in [0.4, 0.5) is 0 Å². The normalized spacial score (nSPS) is 10.8. The fourth-order valence-electron chi connectivity index (χ4n) is 3.78. The van der Waals surface area contributed by atoms with Gasteiger partial charge in [-0.25, -0.2) is 0 Å². The van der Waals surface area contributed by atoms with E-state index in [1.54, 1.807) is 0 Å².